The van der Waals surface area contributed by atoms with Gasteiger partial charge >= 0.3 is 0 Å². The van der Waals surface area contributed by atoms with E-state index in [1.165, 1.54) is 0 Å². The molecule has 0 saturated carbocycles. The molecule has 0 spiro atoms. The van der Waals surface area contributed by atoms with Crippen molar-refractivity contribution >= 4 is 17.4 Å². The Morgan fingerprint density at radius 3 is 2.19 bits per heavy atom. The minimum absolute atomic E-state index is 0.606. The van der Waals surface area contributed by atoms with E-state index in [0.29, 0.717) is 11.0 Å². The van der Waals surface area contributed by atoms with Gasteiger partial charge in [-0.25, -0.2) is 0 Å². The maximum absolute atomic E-state index is 8.57. The van der Waals surface area contributed by atoms with Crippen molar-refractivity contribution in [2.24, 2.45) is 9.98 Å². The summed E-state index contributed by atoms with van der Waals surface area (Å²) in [5, 5.41) is 17.7. The molecule has 1 rings (SSSR count). The van der Waals surface area contributed by atoms with Crippen LogP contribution in [-0.4, -0.2) is 25.6 Å². The number of hydrogen-bond donors (Lipinski definition) is 0. The van der Waals surface area contributed by atoms with Gasteiger partial charge in [-0.2, -0.15) is 16.3 Å². The molecule has 0 saturated heterocycles. The summed E-state index contributed by atoms with van der Waals surface area (Å²) in [6.45, 7) is 9.01. The van der Waals surface area contributed by atoms with Gasteiger partial charge in [0.15, 0.2) is 5.69 Å². The van der Waals surface area contributed by atoms with Gasteiger partial charge in [-0.15, -0.1) is 0 Å². The van der Waals surface area contributed by atoms with E-state index >= 15 is 0 Å². The highest BCUT2D eigenvalue weighted by Crippen LogP contribution is 2.36. The Morgan fingerprint density at radius 2 is 1.81 bits per heavy atom. The van der Waals surface area contributed by atoms with Gasteiger partial charge in [-0.3, -0.25) is 4.48 Å². The molecule has 0 aliphatic carbocycles. The highest BCUT2D eigenvalue weighted by atomic mass is 15.4. The standard InChI is InChI=1S/C11H15N5/c1-4-16(5-2,6-3)11-9(14-7-12)10(11)15-8-13/h4-6H2,1-3H3. The quantitative estimate of drug-likeness (QED) is 0.420. The van der Waals surface area contributed by atoms with Crippen LogP contribution in [0.3, 0.4) is 0 Å². The topological polar surface area (TPSA) is 70.8 Å². The van der Waals surface area contributed by atoms with E-state index in [0.717, 1.165) is 29.8 Å². The van der Waals surface area contributed by atoms with Crippen LogP contribution in [-0.2, 0) is 0 Å². The summed E-state index contributed by atoms with van der Waals surface area (Å²) in [6.07, 6.45) is 1.76. The Morgan fingerprint density at radius 1 is 1.25 bits per heavy atom. The van der Waals surface area contributed by atoms with Crippen LogP contribution in [0.15, 0.2) is 9.98 Å². The maximum atomic E-state index is 8.57. The van der Waals surface area contributed by atoms with Crippen molar-refractivity contribution in [3.8, 4) is 6.19 Å². The molecule has 0 N–H and O–H groups in total. The third kappa shape index (κ3) is 1.81. The van der Waals surface area contributed by atoms with E-state index in [4.69, 9.17) is 10.7 Å². The molecule has 0 aliphatic rings. The summed E-state index contributed by atoms with van der Waals surface area (Å²) in [7, 11) is 0. The van der Waals surface area contributed by atoms with Gasteiger partial charge in [0.1, 0.15) is 5.36 Å². The number of nitriles is 1. The first-order valence-corrected chi connectivity index (χ1v) is 5.39. The van der Waals surface area contributed by atoms with Crippen molar-refractivity contribution in [2.45, 2.75) is 20.8 Å². The molecule has 0 amide bonds. The van der Waals surface area contributed by atoms with Gasteiger partial charge in [0.05, 0.1) is 25.3 Å². The minimum Gasteiger partial charge on any atom is -0.422 e. The smallest absolute Gasteiger partial charge is 0.206 e. The second-order valence-electron chi connectivity index (χ2n) is 3.56. The van der Waals surface area contributed by atoms with Crippen LogP contribution in [0.1, 0.15) is 20.8 Å². The Kier molecular flexibility index (Phi) is 3.73. The molecule has 0 bridgehead atoms. The summed E-state index contributed by atoms with van der Waals surface area (Å²) in [5.41, 5.74) is 1.56. The fourth-order valence-corrected chi connectivity index (χ4v) is 2.07. The Hall–Kier alpha value is -1.76. The lowest BCUT2D eigenvalue weighted by Gasteiger charge is -2.32. The zero-order valence-electron chi connectivity index (χ0n) is 9.86. The van der Waals surface area contributed by atoms with E-state index in [1.54, 1.807) is 12.2 Å². The summed E-state index contributed by atoms with van der Waals surface area (Å²) < 4.78 is 0.737. The highest BCUT2D eigenvalue weighted by molar-refractivity contribution is 5.81. The first-order valence-electron chi connectivity index (χ1n) is 5.39. The molecule has 1 aromatic rings. The lowest BCUT2D eigenvalue weighted by molar-refractivity contribution is 0.321. The van der Waals surface area contributed by atoms with Crippen LogP contribution in [0.4, 0.5) is 11.4 Å². The first kappa shape index (κ1) is 12.3. The zero-order valence-corrected chi connectivity index (χ0v) is 9.86. The Balaban J connectivity index is 3.27. The van der Waals surface area contributed by atoms with Crippen molar-refractivity contribution in [1.29, 1.82) is 5.26 Å². The lowest BCUT2D eigenvalue weighted by atomic mass is 10.3. The van der Waals surface area contributed by atoms with Crippen LogP contribution in [0.5, 0.6) is 0 Å². The number of quaternary nitrogens is 1. The molecule has 84 valence electrons. The zero-order chi connectivity index (χ0) is 12.2. The Labute approximate surface area is 95.2 Å². The average Bonchev–Trinajstić information content (AvgIpc) is 2.97. The van der Waals surface area contributed by atoms with Crippen LogP contribution in [0.25, 0.3) is 5.41 Å². The summed E-state index contributed by atoms with van der Waals surface area (Å²) in [5.74, 6) is 0. The lowest BCUT2D eigenvalue weighted by Crippen LogP contribution is -2.48. The molecule has 5 nitrogen and oxygen atoms in total. The van der Waals surface area contributed by atoms with Crippen LogP contribution < -0.4 is 9.84 Å². The molecule has 0 atom stereocenters. The van der Waals surface area contributed by atoms with Gasteiger partial charge in [-0.1, -0.05) is 0 Å². The van der Waals surface area contributed by atoms with Crippen molar-refractivity contribution < 1.29 is 0 Å². The number of hydrogen-bond acceptors (Lipinski definition) is 3. The van der Waals surface area contributed by atoms with E-state index in [1.807, 2.05) is 0 Å². The van der Waals surface area contributed by atoms with Gasteiger partial charge in [-0.05, 0) is 20.8 Å². The predicted octanol–water partition coefficient (Wildman–Crippen LogP) is 1.69. The molecule has 0 aromatic heterocycles. The second-order valence-corrected chi connectivity index (χ2v) is 3.56. The van der Waals surface area contributed by atoms with E-state index in [2.05, 4.69) is 30.8 Å². The van der Waals surface area contributed by atoms with Crippen LogP contribution >= 0.6 is 0 Å². The summed E-state index contributed by atoms with van der Waals surface area (Å²) >= 11 is 0. The van der Waals surface area contributed by atoms with Crippen molar-refractivity contribution in [1.82, 2.24) is 4.48 Å². The van der Waals surface area contributed by atoms with E-state index in [9.17, 15) is 0 Å². The van der Waals surface area contributed by atoms with Gasteiger partial charge in [0, 0.05) is 0 Å². The fourth-order valence-electron chi connectivity index (χ4n) is 2.07. The molecule has 5 heteroatoms. The van der Waals surface area contributed by atoms with Crippen molar-refractivity contribution in [3.05, 3.63) is 10.8 Å². The van der Waals surface area contributed by atoms with Crippen molar-refractivity contribution in [3.63, 3.8) is 0 Å². The highest BCUT2D eigenvalue weighted by Gasteiger charge is 2.36. The number of nitrogens with zero attached hydrogens (tertiary/aromatic N) is 5. The molecule has 0 aliphatic heterocycles. The van der Waals surface area contributed by atoms with Gasteiger partial charge < -0.3 is 10.4 Å². The van der Waals surface area contributed by atoms with E-state index in [-0.39, 0.29) is 0 Å². The Bertz CT molecular complexity index is 466. The van der Waals surface area contributed by atoms with Gasteiger partial charge in [0.25, 0.3) is 0 Å². The predicted molar refractivity (Wildman–Crippen MR) is 63.9 cm³/mol. The normalized spacial score (nSPS) is 12.5. The number of rotatable bonds is 5. The monoisotopic (exact) mass is 217 g/mol. The first-order chi connectivity index (χ1) is 7.70. The number of aliphatic imine (C=N–C) groups is 1. The average molecular weight is 217 g/mol. The van der Waals surface area contributed by atoms with E-state index < -0.39 is 0 Å². The van der Waals surface area contributed by atoms with Crippen molar-refractivity contribution in [2.75, 3.05) is 19.6 Å². The molecule has 0 fully saturated rings. The molecular weight excluding hydrogens is 202 g/mol. The third-order valence-electron chi connectivity index (χ3n) is 3.22. The largest absolute Gasteiger partial charge is 0.422 e. The minimum atomic E-state index is 0.606. The molecule has 1 aromatic carbocycles. The maximum Gasteiger partial charge on any atom is 0.206 e. The molecule has 0 radical (unpaired) electrons. The molecule has 16 heavy (non-hydrogen) atoms. The fraction of sp³-hybridized carbons (Fsp3) is 0.545. The molecular formula is C11H15N5. The molecule has 0 unspecified atom stereocenters. The third-order valence-corrected chi connectivity index (χ3v) is 3.22. The van der Waals surface area contributed by atoms with Crippen LogP contribution in [0.2, 0.25) is 0 Å². The summed E-state index contributed by atoms with van der Waals surface area (Å²) in [4.78, 5) is 7.43. The van der Waals surface area contributed by atoms with Crippen LogP contribution in [0, 0.1) is 11.5 Å². The SMILES string of the molecule is CC[N+](CC)(CC)c1c(N=C=[N-])c1=NC#N. The molecule has 0 heterocycles. The summed E-state index contributed by atoms with van der Waals surface area (Å²) in [6, 6.07) is 1.76. The van der Waals surface area contributed by atoms with Gasteiger partial charge in [0.2, 0.25) is 6.19 Å². The second kappa shape index (κ2) is 4.84.